The molecule has 5 nitrogen and oxygen atoms in total. The highest BCUT2D eigenvalue weighted by Crippen LogP contribution is 2.32. The monoisotopic (exact) mass is 429 g/mol. The van der Waals surface area contributed by atoms with Gasteiger partial charge in [0.1, 0.15) is 6.10 Å². The highest BCUT2D eigenvalue weighted by molar-refractivity contribution is 5.92. The normalized spacial score (nSPS) is 17.7. The van der Waals surface area contributed by atoms with Crippen molar-refractivity contribution >= 4 is 11.9 Å². The van der Waals surface area contributed by atoms with Crippen LogP contribution in [0.15, 0.2) is 91.0 Å². The maximum Gasteiger partial charge on any atom is 0.329 e. The van der Waals surface area contributed by atoms with E-state index in [1.807, 2.05) is 78.9 Å². The van der Waals surface area contributed by atoms with E-state index in [0.717, 1.165) is 24.0 Å². The van der Waals surface area contributed by atoms with Crippen LogP contribution in [0.3, 0.4) is 0 Å². The minimum Gasteiger partial charge on any atom is -0.480 e. The summed E-state index contributed by atoms with van der Waals surface area (Å²) in [5.74, 6) is -1.78. The Kier molecular flexibility index (Phi) is 6.97. The number of aliphatic carboxylic acids is 1. The zero-order chi connectivity index (χ0) is 22.3. The number of carbonyl (C=O) groups excluding carboxylic acids is 1. The molecule has 3 aromatic carbocycles. The number of carboxylic acid groups (broad SMARTS) is 1. The van der Waals surface area contributed by atoms with Gasteiger partial charge in [0.2, 0.25) is 5.91 Å². The molecule has 1 amide bonds. The molecule has 0 saturated carbocycles. The van der Waals surface area contributed by atoms with Crippen molar-refractivity contribution in [3.63, 3.8) is 0 Å². The molecular weight excluding hydrogens is 402 g/mol. The second kappa shape index (κ2) is 10.2. The lowest BCUT2D eigenvalue weighted by Gasteiger charge is -2.46. The van der Waals surface area contributed by atoms with Gasteiger partial charge in [-0.15, -0.1) is 0 Å². The lowest BCUT2D eigenvalue weighted by atomic mass is 9.87. The maximum atomic E-state index is 13.5. The van der Waals surface area contributed by atoms with Gasteiger partial charge in [-0.25, -0.2) is 4.79 Å². The molecule has 4 rings (SSSR count). The Bertz CT molecular complexity index is 984. The number of rotatable bonds is 9. The summed E-state index contributed by atoms with van der Waals surface area (Å²) >= 11 is 0. The molecule has 1 heterocycles. The molecular formula is C27H27NO4. The van der Waals surface area contributed by atoms with E-state index in [-0.39, 0.29) is 12.5 Å². The topological polar surface area (TPSA) is 66.8 Å². The smallest absolute Gasteiger partial charge is 0.329 e. The number of hydrogen-bond donors (Lipinski definition) is 1. The summed E-state index contributed by atoms with van der Waals surface area (Å²) in [5.41, 5.74) is 2.92. The molecule has 0 aliphatic carbocycles. The van der Waals surface area contributed by atoms with Crippen molar-refractivity contribution in [1.82, 2.24) is 4.90 Å². The first-order valence-corrected chi connectivity index (χ1v) is 10.9. The van der Waals surface area contributed by atoms with Crippen LogP contribution in [0.4, 0.5) is 0 Å². The molecule has 2 atom stereocenters. The summed E-state index contributed by atoms with van der Waals surface area (Å²) in [7, 11) is 0. The third-order valence-electron chi connectivity index (χ3n) is 5.90. The number of hydrogen-bond acceptors (Lipinski definition) is 3. The second-order valence-corrected chi connectivity index (χ2v) is 8.03. The molecule has 164 valence electrons. The second-order valence-electron chi connectivity index (χ2n) is 8.03. The van der Waals surface area contributed by atoms with Crippen molar-refractivity contribution < 1.29 is 19.4 Å². The van der Waals surface area contributed by atoms with Crippen LogP contribution in [0.1, 0.15) is 29.0 Å². The molecule has 1 fully saturated rings. The van der Waals surface area contributed by atoms with E-state index < -0.39 is 24.0 Å². The summed E-state index contributed by atoms with van der Waals surface area (Å²) < 4.78 is 5.87. The fourth-order valence-electron chi connectivity index (χ4n) is 4.22. The zero-order valence-electron chi connectivity index (χ0n) is 17.8. The van der Waals surface area contributed by atoms with Crippen molar-refractivity contribution in [2.75, 3.05) is 13.2 Å². The van der Waals surface area contributed by atoms with Crippen LogP contribution in [0.25, 0.3) is 0 Å². The van der Waals surface area contributed by atoms with E-state index in [0.29, 0.717) is 6.61 Å². The Labute approximate surface area is 188 Å². The third kappa shape index (κ3) is 4.89. The Morgan fingerprint density at radius 2 is 1.41 bits per heavy atom. The number of carboxylic acids is 1. The molecule has 0 bridgehead atoms. The van der Waals surface area contributed by atoms with E-state index >= 15 is 0 Å². The largest absolute Gasteiger partial charge is 0.480 e. The molecule has 1 aliphatic rings. The minimum atomic E-state index is -1.03. The van der Waals surface area contributed by atoms with Crippen LogP contribution >= 0.6 is 0 Å². The fraction of sp³-hybridized carbons (Fsp3) is 0.259. The van der Waals surface area contributed by atoms with Crippen LogP contribution < -0.4 is 0 Å². The average molecular weight is 430 g/mol. The Morgan fingerprint density at radius 1 is 0.875 bits per heavy atom. The van der Waals surface area contributed by atoms with Gasteiger partial charge < -0.3 is 14.7 Å². The minimum absolute atomic E-state index is 0.209. The molecule has 1 aliphatic heterocycles. The van der Waals surface area contributed by atoms with Crippen LogP contribution in [-0.4, -0.2) is 47.2 Å². The lowest BCUT2D eigenvalue weighted by molar-refractivity contribution is -0.177. The summed E-state index contributed by atoms with van der Waals surface area (Å²) in [6, 6.07) is 28.1. The first-order valence-electron chi connectivity index (χ1n) is 10.9. The number of aryl methyl sites for hydroxylation is 1. The van der Waals surface area contributed by atoms with Crippen molar-refractivity contribution in [3.05, 3.63) is 108 Å². The van der Waals surface area contributed by atoms with Crippen molar-refractivity contribution in [1.29, 1.82) is 0 Å². The number of benzene rings is 3. The predicted molar refractivity (Wildman–Crippen MR) is 122 cm³/mol. The molecule has 1 unspecified atom stereocenters. The van der Waals surface area contributed by atoms with Gasteiger partial charge in [0.15, 0.2) is 6.04 Å². The van der Waals surface area contributed by atoms with Gasteiger partial charge in [-0.2, -0.15) is 0 Å². The van der Waals surface area contributed by atoms with Crippen molar-refractivity contribution in [2.24, 2.45) is 0 Å². The first-order chi connectivity index (χ1) is 15.6. The highest BCUT2D eigenvalue weighted by atomic mass is 16.5. The molecule has 0 aromatic heterocycles. The zero-order valence-corrected chi connectivity index (χ0v) is 17.8. The standard InChI is InChI=1S/C27H27NO4/c29-26(24(21-14-6-2-7-15-21)22-16-8-3-9-17-22)28-19-23(25(28)27(30)31)32-18-10-13-20-11-4-1-5-12-20/h1-9,11-12,14-17,23-25H,10,13,18-19H2,(H,30,31)/t23-,25?/m1/s1. The van der Waals surface area contributed by atoms with Crippen LogP contribution in [0.2, 0.25) is 0 Å². The quantitative estimate of drug-likeness (QED) is 0.520. The van der Waals surface area contributed by atoms with Crippen LogP contribution in [0, 0.1) is 0 Å². The van der Waals surface area contributed by atoms with E-state index in [1.165, 1.54) is 10.5 Å². The Balaban J connectivity index is 1.42. The predicted octanol–water partition coefficient (Wildman–Crippen LogP) is 4.13. The van der Waals surface area contributed by atoms with Gasteiger partial charge >= 0.3 is 5.97 Å². The molecule has 1 N–H and O–H groups in total. The molecule has 0 spiro atoms. The van der Waals surface area contributed by atoms with Crippen LogP contribution in [0.5, 0.6) is 0 Å². The molecule has 1 saturated heterocycles. The van der Waals surface area contributed by atoms with Gasteiger partial charge in [0.05, 0.1) is 12.5 Å². The van der Waals surface area contributed by atoms with E-state index in [2.05, 4.69) is 12.1 Å². The number of nitrogens with zero attached hydrogens (tertiary/aromatic N) is 1. The number of likely N-dealkylation sites (tertiary alicyclic amines) is 1. The fourth-order valence-corrected chi connectivity index (χ4v) is 4.22. The first kappa shape index (κ1) is 21.8. The molecule has 3 aromatic rings. The van der Waals surface area contributed by atoms with Gasteiger partial charge in [-0.1, -0.05) is 91.0 Å². The lowest BCUT2D eigenvalue weighted by Crippen LogP contribution is -2.67. The average Bonchev–Trinajstić information content (AvgIpc) is 2.80. The highest BCUT2D eigenvalue weighted by Gasteiger charge is 2.49. The number of carbonyl (C=O) groups is 2. The van der Waals surface area contributed by atoms with Gasteiger partial charge in [0, 0.05) is 6.61 Å². The van der Waals surface area contributed by atoms with Crippen molar-refractivity contribution in [2.45, 2.75) is 30.9 Å². The summed E-state index contributed by atoms with van der Waals surface area (Å²) in [6.45, 7) is 0.753. The van der Waals surface area contributed by atoms with Gasteiger partial charge in [-0.3, -0.25) is 4.79 Å². The molecule has 0 radical (unpaired) electrons. The SMILES string of the molecule is O=C(O)C1[C@H](OCCCc2ccccc2)CN1C(=O)C(c1ccccc1)c1ccccc1. The van der Waals surface area contributed by atoms with Crippen LogP contribution in [-0.2, 0) is 20.7 Å². The van der Waals surface area contributed by atoms with E-state index in [4.69, 9.17) is 4.74 Å². The molecule has 32 heavy (non-hydrogen) atoms. The Morgan fingerprint density at radius 3 is 1.94 bits per heavy atom. The number of ether oxygens (including phenoxy) is 1. The summed E-state index contributed by atoms with van der Waals surface area (Å²) in [4.78, 5) is 26.9. The summed E-state index contributed by atoms with van der Waals surface area (Å²) in [6.07, 6.45) is 1.19. The van der Waals surface area contributed by atoms with Gasteiger partial charge in [-0.05, 0) is 29.5 Å². The third-order valence-corrected chi connectivity index (χ3v) is 5.90. The maximum absolute atomic E-state index is 13.5. The van der Waals surface area contributed by atoms with Gasteiger partial charge in [0.25, 0.3) is 0 Å². The van der Waals surface area contributed by atoms with Crippen molar-refractivity contribution in [3.8, 4) is 0 Å². The van der Waals surface area contributed by atoms with E-state index in [9.17, 15) is 14.7 Å². The Hall–Kier alpha value is -3.44. The number of amides is 1. The summed E-state index contributed by atoms with van der Waals surface area (Å²) in [5, 5.41) is 9.81. The molecule has 5 heteroatoms. The van der Waals surface area contributed by atoms with E-state index in [1.54, 1.807) is 0 Å².